The molecule has 1 aromatic carbocycles. The summed E-state index contributed by atoms with van der Waals surface area (Å²) in [5.41, 5.74) is 4.23. The summed E-state index contributed by atoms with van der Waals surface area (Å²) in [5, 5.41) is 0.625. The van der Waals surface area contributed by atoms with Gasteiger partial charge in [0.15, 0.2) is 5.82 Å². The largest absolute Gasteiger partial charge is 0.327 e. The van der Waals surface area contributed by atoms with Gasteiger partial charge in [-0.15, -0.1) is 0 Å². The quantitative estimate of drug-likeness (QED) is 0.387. The van der Waals surface area contributed by atoms with Crippen LogP contribution in [0.25, 0.3) is 17.2 Å². The van der Waals surface area contributed by atoms with E-state index in [9.17, 15) is 4.79 Å². The fourth-order valence-electron chi connectivity index (χ4n) is 4.59. The average Bonchev–Trinajstić information content (AvgIpc) is 3.35. The zero-order valence-corrected chi connectivity index (χ0v) is 19.9. The van der Waals surface area contributed by atoms with Crippen molar-refractivity contribution < 1.29 is 4.79 Å². The van der Waals surface area contributed by atoms with E-state index >= 15 is 0 Å². The first kappa shape index (κ1) is 21.1. The molecule has 0 atom stereocenters. The van der Waals surface area contributed by atoms with Crippen LogP contribution in [0.2, 0.25) is 5.02 Å². The van der Waals surface area contributed by atoms with Crippen LogP contribution >= 0.6 is 11.6 Å². The van der Waals surface area contributed by atoms with Crippen molar-refractivity contribution in [3.63, 3.8) is 0 Å². The first-order chi connectivity index (χ1) is 16.5. The van der Waals surface area contributed by atoms with E-state index in [1.807, 2.05) is 47.3 Å². The van der Waals surface area contributed by atoms with Gasteiger partial charge in [0.25, 0.3) is 5.91 Å². The topological polar surface area (TPSA) is 68.8 Å². The van der Waals surface area contributed by atoms with Gasteiger partial charge in [-0.3, -0.25) is 9.69 Å². The number of nitrogens with zero attached hydrogens (tertiary/aromatic N) is 6. The van der Waals surface area contributed by atoms with Crippen LogP contribution in [0.5, 0.6) is 0 Å². The van der Waals surface area contributed by atoms with E-state index in [0.29, 0.717) is 35.3 Å². The lowest BCUT2D eigenvalue weighted by atomic mass is 9.98. The Bertz CT molecular complexity index is 1400. The summed E-state index contributed by atoms with van der Waals surface area (Å²) in [4.78, 5) is 29.2. The molecule has 0 spiro atoms. The minimum Gasteiger partial charge on any atom is -0.327 e. The van der Waals surface area contributed by atoms with E-state index in [-0.39, 0.29) is 11.9 Å². The van der Waals surface area contributed by atoms with Crippen LogP contribution in [-0.2, 0) is 6.42 Å². The molecule has 8 heteroatoms. The molecule has 0 unspecified atom stereocenters. The van der Waals surface area contributed by atoms with Crippen molar-refractivity contribution >= 4 is 23.3 Å². The minimum atomic E-state index is -0.0708. The number of carbonyl (C=O) groups excluding carboxylic acids is 1. The highest BCUT2D eigenvalue weighted by Crippen LogP contribution is 2.39. The van der Waals surface area contributed by atoms with Crippen LogP contribution < -0.4 is 4.90 Å². The van der Waals surface area contributed by atoms with Crippen molar-refractivity contribution in [3.05, 3.63) is 77.1 Å². The Labute approximate surface area is 203 Å². The van der Waals surface area contributed by atoms with Crippen LogP contribution in [0.15, 0.2) is 55.2 Å². The summed E-state index contributed by atoms with van der Waals surface area (Å²) in [6.07, 6.45) is 10.6. The summed E-state index contributed by atoms with van der Waals surface area (Å²) in [6, 6.07) is 9.81. The molecule has 0 radical (unpaired) electrons. The maximum absolute atomic E-state index is 13.6. The van der Waals surface area contributed by atoms with E-state index in [1.54, 1.807) is 17.4 Å². The molecule has 34 heavy (non-hydrogen) atoms. The molecule has 6 rings (SSSR count). The Kier molecular flexibility index (Phi) is 5.03. The Balaban J connectivity index is 1.34. The molecule has 1 aliphatic carbocycles. The molecule has 0 saturated heterocycles. The van der Waals surface area contributed by atoms with Crippen molar-refractivity contribution in [2.24, 2.45) is 0 Å². The smallest absolute Gasteiger partial charge is 0.259 e. The Morgan fingerprint density at radius 1 is 1.15 bits per heavy atom. The predicted octanol–water partition coefficient (Wildman–Crippen LogP) is 5.45. The van der Waals surface area contributed by atoms with Crippen molar-refractivity contribution in [2.45, 2.75) is 45.1 Å². The first-order valence-electron chi connectivity index (χ1n) is 11.7. The lowest BCUT2D eigenvalue weighted by Gasteiger charge is -2.28. The number of anilines is 1. The molecular weight excluding hydrogens is 448 g/mol. The molecule has 4 heterocycles. The number of hydrogen-bond acceptors (Lipinski definition) is 4. The minimum absolute atomic E-state index is 0.0708. The van der Waals surface area contributed by atoms with Crippen molar-refractivity contribution in [1.29, 1.82) is 0 Å². The molecule has 172 valence electrons. The number of pyridine rings is 1. The van der Waals surface area contributed by atoms with Gasteiger partial charge in [-0.05, 0) is 62.9 Å². The van der Waals surface area contributed by atoms with E-state index in [1.165, 1.54) is 12.8 Å². The number of hydrogen-bond donors (Lipinski definition) is 0. The number of carbonyl (C=O) groups is 1. The van der Waals surface area contributed by atoms with Gasteiger partial charge < -0.3 is 9.13 Å². The summed E-state index contributed by atoms with van der Waals surface area (Å²) in [7, 11) is 0. The Morgan fingerprint density at radius 3 is 2.79 bits per heavy atom. The zero-order chi connectivity index (χ0) is 23.4. The van der Waals surface area contributed by atoms with E-state index in [2.05, 4.69) is 28.4 Å². The first-order valence-corrected chi connectivity index (χ1v) is 12.1. The SMILES string of the molecule is CC(C)n1ccnc1-c1cccc(N2CCc3cc(Cl)c(-n4cnc(C5CC5)c4)cc3C2=O)n1. The number of aromatic nitrogens is 5. The van der Waals surface area contributed by atoms with Crippen LogP contribution in [-0.4, -0.2) is 36.5 Å². The van der Waals surface area contributed by atoms with E-state index < -0.39 is 0 Å². The van der Waals surface area contributed by atoms with Gasteiger partial charge in [0.1, 0.15) is 11.5 Å². The van der Waals surface area contributed by atoms with Gasteiger partial charge in [0.05, 0.1) is 22.7 Å². The lowest BCUT2D eigenvalue weighted by Crippen LogP contribution is -2.38. The highest BCUT2D eigenvalue weighted by molar-refractivity contribution is 6.32. The van der Waals surface area contributed by atoms with E-state index in [0.717, 1.165) is 28.5 Å². The van der Waals surface area contributed by atoms with Gasteiger partial charge >= 0.3 is 0 Å². The number of fused-ring (bicyclic) bond motifs is 1. The zero-order valence-electron chi connectivity index (χ0n) is 19.1. The van der Waals surface area contributed by atoms with Crippen LogP contribution in [0, 0.1) is 0 Å². The van der Waals surface area contributed by atoms with Gasteiger partial charge in [-0.25, -0.2) is 15.0 Å². The fraction of sp³-hybridized carbons (Fsp3) is 0.308. The monoisotopic (exact) mass is 472 g/mol. The van der Waals surface area contributed by atoms with Crippen LogP contribution in [0.4, 0.5) is 5.82 Å². The standard InChI is InChI=1S/C26H25ClN6O/c1-16(2)32-11-9-28-25(32)21-4-3-5-24(30-21)33-10-8-18-12-20(27)23(13-19(18)26(33)34)31-14-22(29-15-31)17-6-7-17/h3-5,9,11-17H,6-8,10H2,1-2H3. The van der Waals surface area contributed by atoms with E-state index in [4.69, 9.17) is 16.6 Å². The molecular formula is C26H25ClN6O. The Morgan fingerprint density at radius 2 is 2.00 bits per heavy atom. The van der Waals surface area contributed by atoms with Crippen LogP contribution in [0.1, 0.15) is 60.3 Å². The third-order valence-electron chi connectivity index (χ3n) is 6.59. The fourth-order valence-corrected chi connectivity index (χ4v) is 4.87. The highest BCUT2D eigenvalue weighted by Gasteiger charge is 2.29. The predicted molar refractivity (Wildman–Crippen MR) is 132 cm³/mol. The summed E-state index contributed by atoms with van der Waals surface area (Å²) in [5.74, 6) is 1.90. The summed E-state index contributed by atoms with van der Waals surface area (Å²) >= 11 is 6.62. The second-order valence-corrected chi connectivity index (χ2v) is 9.69. The second kappa shape index (κ2) is 8.09. The summed E-state index contributed by atoms with van der Waals surface area (Å²) in [6.45, 7) is 4.76. The van der Waals surface area contributed by atoms with Gasteiger partial charge in [-0.1, -0.05) is 17.7 Å². The molecule has 1 fully saturated rings. The molecule has 3 aromatic heterocycles. The Hall–Kier alpha value is -3.45. The number of halogens is 1. The molecule has 2 aliphatic rings. The maximum Gasteiger partial charge on any atom is 0.259 e. The number of imidazole rings is 2. The number of rotatable bonds is 5. The molecule has 1 aliphatic heterocycles. The lowest BCUT2D eigenvalue weighted by molar-refractivity contribution is 0.0980. The number of amides is 1. The van der Waals surface area contributed by atoms with Crippen LogP contribution in [0.3, 0.4) is 0 Å². The number of benzene rings is 1. The summed E-state index contributed by atoms with van der Waals surface area (Å²) < 4.78 is 4.00. The highest BCUT2D eigenvalue weighted by atomic mass is 35.5. The van der Waals surface area contributed by atoms with Crippen molar-refractivity contribution in [2.75, 3.05) is 11.4 Å². The average molecular weight is 473 g/mol. The molecule has 0 N–H and O–H groups in total. The van der Waals surface area contributed by atoms with Gasteiger partial charge in [0.2, 0.25) is 0 Å². The van der Waals surface area contributed by atoms with Gasteiger partial charge in [0, 0.05) is 42.7 Å². The second-order valence-electron chi connectivity index (χ2n) is 9.28. The normalized spacial score (nSPS) is 15.8. The third kappa shape index (κ3) is 3.60. The molecule has 0 bridgehead atoms. The molecule has 1 saturated carbocycles. The van der Waals surface area contributed by atoms with Crippen molar-refractivity contribution in [1.82, 2.24) is 24.1 Å². The molecule has 1 amide bonds. The van der Waals surface area contributed by atoms with Crippen molar-refractivity contribution in [3.8, 4) is 17.2 Å². The van der Waals surface area contributed by atoms with Gasteiger partial charge in [-0.2, -0.15) is 0 Å². The third-order valence-corrected chi connectivity index (χ3v) is 6.90. The maximum atomic E-state index is 13.6. The molecule has 4 aromatic rings. The molecule has 7 nitrogen and oxygen atoms in total.